The normalized spacial score (nSPS) is 10.6. The molecule has 1 aromatic carbocycles. The SMILES string of the molecule is O=C(NCc1cn2cc(Cl)ccc2n1)Nc1ccccc1F. The quantitative estimate of drug-likeness (QED) is 0.777. The number of anilines is 1. The van der Waals surface area contributed by atoms with Crippen LogP contribution in [0.25, 0.3) is 5.65 Å². The minimum absolute atomic E-state index is 0.127. The van der Waals surface area contributed by atoms with Gasteiger partial charge in [-0.3, -0.25) is 0 Å². The molecule has 3 aromatic rings. The highest BCUT2D eigenvalue weighted by atomic mass is 35.5. The van der Waals surface area contributed by atoms with E-state index < -0.39 is 11.8 Å². The lowest BCUT2D eigenvalue weighted by Gasteiger charge is -2.06. The van der Waals surface area contributed by atoms with E-state index in [0.717, 1.165) is 5.65 Å². The van der Waals surface area contributed by atoms with E-state index in [-0.39, 0.29) is 12.2 Å². The summed E-state index contributed by atoms with van der Waals surface area (Å²) in [5.74, 6) is -0.486. The van der Waals surface area contributed by atoms with E-state index in [1.165, 1.54) is 12.1 Å². The zero-order valence-electron chi connectivity index (χ0n) is 11.4. The van der Waals surface area contributed by atoms with Crippen LogP contribution in [0.4, 0.5) is 14.9 Å². The third-order valence-electron chi connectivity index (χ3n) is 3.02. The molecule has 2 heterocycles. The second kappa shape index (κ2) is 6.03. The van der Waals surface area contributed by atoms with Gasteiger partial charge in [-0.1, -0.05) is 23.7 Å². The Bertz CT molecular complexity index is 833. The van der Waals surface area contributed by atoms with E-state index in [1.54, 1.807) is 41.1 Å². The second-order valence-corrected chi connectivity index (χ2v) is 5.07. The van der Waals surface area contributed by atoms with Crippen molar-refractivity contribution >= 4 is 29.0 Å². The van der Waals surface area contributed by atoms with Gasteiger partial charge in [0.05, 0.1) is 22.9 Å². The molecule has 112 valence electrons. The van der Waals surface area contributed by atoms with Crippen LogP contribution in [0.5, 0.6) is 0 Å². The predicted octanol–water partition coefficient (Wildman–Crippen LogP) is 3.45. The lowest BCUT2D eigenvalue weighted by atomic mass is 10.3. The Balaban J connectivity index is 1.63. The summed E-state index contributed by atoms with van der Waals surface area (Å²) in [6.07, 6.45) is 3.50. The summed E-state index contributed by atoms with van der Waals surface area (Å²) in [5, 5.41) is 5.67. The van der Waals surface area contributed by atoms with Crippen molar-refractivity contribution in [2.24, 2.45) is 0 Å². The molecule has 7 heteroatoms. The van der Waals surface area contributed by atoms with Crippen LogP contribution >= 0.6 is 11.6 Å². The Morgan fingerprint density at radius 1 is 1.23 bits per heavy atom. The largest absolute Gasteiger partial charge is 0.332 e. The average molecular weight is 319 g/mol. The Morgan fingerprint density at radius 3 is 2.86 bits per heavy atom. The first-order valence-corrected chi connectivity index (χ1v) is 6.92. The zero-order valence-corrected chi connectivity index (χ0v) is 12.1. The fourth-order valence-corrected chi connectivity index (χ4v) is 2.17. The van der Waals surface area contributed by atoms with Crippen LogP contribution in [-0.4, -0.2) is 15.4 Å². The number of halogens is 2. The summed E-state index contributed by atoms with van der Waals surface area (Å²) in [6.45, 7) is 0.222. The molecule has 2 aromatic heterocycles. The Labute approximate surface area is 130 Å². The van der Waals surface area contributed by atoms with Gasteiger partial charge in [0.1, 0.15) is 11.5 Å². The van der Waals surface area contributed by atoms with E-state index in [4.69, 9.17) is 11.6 Å². The number of hydrogen-bond donors (Lipinski definition) is 2. The highest BCUT2D eigenvalue weighted by Crippen LogP contribution is 2.13. The van der Waals surface area contributed by atoms with Crippen molar-refractivity contribution in [2.45, 2.75) is 6.54 Å². The van der Waals surface area contributed by atoms with Crippen molar-refractivity contribution in [1.29, 1.82) is 0 Å². The number of nitrogens with one attached hydrogen (secondary N) is 2. The molecule has 0 spiro atoms. The minimum atomic E-state index is -0.500. The zero-order chi connectivity index (χ0) is 15.5. The Morgan fingerprint density at radius 2 is 2.05 bits per heavy atom. The highest BCUT2D eigenvalue weighted by molar-refractivity contribution is 6.30. The lowest BCUT2D eigenvalue weighted by Crippen LogP contribution is -2.28. The van der Waals surface area contributed by atoms with Crippen LogP contribution in [0.15, 0.2) is 48.8 Å². The van der Waals surface area contributed by atoms with Gasteiger partial charge >= 0.3 is 6.03 Å². The molecule has 0 aliphatic heterocycles. The maximum Gasteiger partial charge on any atom is 0.319 e. The van der Waals surface area contributed by atoms with Gasteiger partial charge in [-0.05, 0) is 24.3 Å². The molecule has 0 atom stereocenters. The number of urea groups is 1. The van der Waals surface area contributed by atoms with Gasteiger partial charge in [0, 0.05) is 12.4 Å². The molecule has 0 unspecified atom stereocenters. The van der Waals surface area contributed by atoms with Crippen LogP contribution in [0, 0.1) is 5.82 Å². The summed E-state index contributed by atoms with van der Waals surface area (Å²) >= 11 is 5.90. The van der Waals surface area contributed by atoms with Crippen LogP contribution < -0.4 is 10.6 Å². The van der Waals surface area contributed by atoms with E-state index in [9.17, 15) is 9.18 Å². The molecular weight excluding hydrogens is 307 g/mol. The number of nitrogens with zero attached hydrogens (tertiary/aromatic N) is 2. The summed E-state index contributed by atoms with van der Waals surface area (Å²) in [4.78, 5) is 16.1. The van der Waals surface area contributed by atoms with E-state index in [0.29, 0.717) is 10.7 Å². The molecule has 2 N–H and O–H groups in total. The number of pyridine rings is 1. The van der Waals surface area contributed by atoms with Gasteiger partial charge < -0.3 is 15.0 Å². The van der Waals surface area contributed by atoms with Crippen molar-refractivity contribution in [3.05, 3.63) is 65.3 Å². The van der Waals surface area contributed by atoms with E-state index in [2.05, 4.69) is 15.6 Å². The van der Waals surface area contributed by atoms with Crippen molar-refractivity contribution < 1.29 is 9.18 Å². The third-order valence-corrected chi connectivity index (χ3v) is 3.24. The van der Waals surface area contributed by atoms with Gasteiger partial charge in [0.15, 0.2) is 0 Å². The maximum atomic E-state index is 13.4. The van der Waals surface area contributed by atoms with Gasteiger partial charge in [-0.15, -0.1) is 0 Å². The minimum Gasteiger partial charge on any atom is -0.332 e. The highest BCUT2D eigenvalue weighted by Gasteiger charge is 2.07. The molecule has 0 aliphatic rings. The first-order chi connectivity index (χ1) is 10.6. The van der Waals surface area contributed by atoms with Crippen molar-refractivity contribution in [2.75, 3.05) is 5.32 Å². The fraction of sp³-hybridized carbons (Fsp3) is 0.0667. The Hall–Kier alpha value is -2.60. The number of imidazole rings is 1. The number of amides is 2. The molecule has 3 rings (SSSR count). The molecule has 0 aliphatic carbocycles. The smallest absolute Gasteiger partial charge is 0.319 e. The molecule has 5 nitrogen and oxygen atoms in total. The number of para-hydroxylation sites is 1. The third kappa shape index (κ3) is 3.17. The standard InChI is InChI=1S/C15H12ClFN4O/c16-10-5-6-14-19-11(9-21(14)8-10)7-18-15(22)20-13-4-2-1-3-12(13)17/h1-6,8-9H,7H2,(H2,18,20,22). The van der Waals surface area contributed by atoms with Gasteiger partial charge in [-0.2, -0.15) is 0 Å². The van der Waals surface area contributed by atoms with Crippen LogP contribution in [0.2, 0.25) is 5.02 Å². The summed E-state index contributed by atoms with van der Waals surface area (Å²) in [6, 6.07) is 8.99. The van der Waals surface area contributed by atoms with E-state index in [1.807, 2.05) is 0 Å². The van der Waals surface area contributed by atoms with Crippen LogP contribution in [0.1, 0.15) is 5.69 Å². The lowest BCUT2D eigenvalue weighted by molar-refractivity contribution is 0.251. The van der Waals surface area contributed by atoms with Crippen molar-refractivity contribution in [1.82, 2.24) is 14.7 Å². The summed E-state index contributed by atoms with van der Waals surface area (Å²) in [5.41, 5.74) is 1.53. The summed E-state index contributed by atoms with van der Waals surface area (Å²) in [7, 11) is 0. The molecule has 0 radical (unpaired) electrons. The molecule has 0 saturated carbocycles. The van der Waals surface area contributed by atoms with Crippen molar-refractivity contribution in [3.8, 4) is 0 Å². The average Bonchev–Trinajstić information content (AvgIpc) is 2.89. The second-order valence-electron chi connectivity index (χ2n) is 4.63. The number of benzene rings is 1. The summed E-state index contributed by atoms with van der Waals surface area (Å²) < 4.78 is 15.2. The topological polar surface area (TPSA) is 58.4 Å². The fourth-order valence-electron chi connectivity index (χ4n) is 2.00. The van der Waals surface area contributed by atoms with Gasteiger partial charge in [0.2, 0.25) is 0 Å². The number of rotatable bonds is 3. The van der Waals surface area contributed by atoms with Crippen molar-refractivity contribution in [3.63, 3.8) is 0 Å². The number of fused-ring (bicyclic) bond motifs is 1. The first-order valence-electron chi connectivity index (χ1n) is 6.54. The molecule has 0 bridgehead atoms. The van der Waals surface area contributed by atoms with Gasteiger partial charge in [0.25, 0.3) is 0 Å². The Kier molecular flexibility index (Phi) is 3.93. The number of aromatic nitrogens is 2. The van der Waals surface area contributed by atoms with Gasteiger partial charge in [-0.25, -0.2) is 14.2 Å². The monoisotopic (exact) mass is 318 g/mol. The molecule has 22 heavy (non-hydrogen) atoms. The number of carbonyl (C=O) groups excluding carboxylic acids is 1. The molecule has 0 fully saturated rings. The van der Waals surface area contributed by atoms with E-state index >= 15 is 0 Å². The van der Waals surface area contributed by atoms with Crippen LogP contribution in [-0.2, 0) is 6.54 Å². The molecule has 2 amide bonds. The number of carbonyl (C=O) groups is 1. The maximum absolute atomic E-state index is 13.4. The number of hydrogen-bond acceptors (Lipinski definition) is 2. The predicted molar refractivity (Wildman–Crippen MR) is 82.5 cm³/mol. The molecular formula is C15H12ClFN4O. The van der Waals surface area contributed by atoms with Crippen LogP contribution in [0.3, 0.4) is 0 Å². The molecule has 0 saturated heterocycles. The first kappa shape index (κ1) is 14.3.